The van der Waals surface area contributed by atoms with Gasteiger partial charge in [0.15, 0.2) is 5.78 Å². The maximum Gasteiger partial charge on any atom is 0.308 e. The maximum absolute atomic E-state index is 11.5. The summed E-state index contributed by atoms with van der Waals surface area (Å²) < 4.78 is 0. The van der Waals surface area contributed by atoms with E-state index in [1.54, 1.807) is 6.07 Å². The predicted octanol–water partition coefficient (Wildman–Crippen LogP) is 1.71. The van der Waals surface area contributed by atoms with Gasteiger partial charge in [-0.1, -0.05) is 0 Å². The summed E-state index contributed by atoms with van der Waals surface area (Å²) >= 11 is 0. The molecule has 0 spiro atoms. The first-order valence-corrected chi connectivity index (χ1v) is 6.17. The number of carboxylic acid groups (broad SMARTS) is 1. The number of hydrogen-bond acceptors (Lipinski definition) is 5. The van der Waals surface area contributed by atoms with Crippen LogP contribution in [0.5, 0.6) is 0 Å². The van der Waals surface area contributed by atoms with Crippen LogP contribution in [0, 0.1) is 16.0 Å². The first-order valence-electron chi connectivity index (χ1n) is 6.17. The van der Waals surface area contributed by atoms with Gasteiger partial charge in [-0.2, -0.15) is 0 Å². The standard InChI is InChI=1S/C13H14N2O5/c1-8(16)11-6-10(2-3-12(11)15(19)20)14-5-4-9(7-14)13(17)18/h2-3,6,9H,4-5,7H2,1H3,(H,17,18). The summed E-state index contributed by atoms with van der Waals surface area (Å²) in [6.45, 7) is 2.19. The van der Waals surface area contributed by atoms with Gasteiger partial charge in [-0.05, 0) is 25.5 Å². The summed E-state index contributed by atoms with van der Waals surface area (Å²) in [5.41, 5.74) is 0.464. The van der Waals surface area contributed by atoms with Crippen LogP contribution in [0.4, 0.5) is 11.4 Å². The second-order valence-electron chi connectivity index (χ2n) is 4.78. The molecule has 1 aromatic carbocycles. The highest BCUT2D eigenvalue weighted by Gasteiger charge is 2.29. The van der Waals surface area contributed by atoms with E-state index in [1.165, 1.54) is 19.1 Å². The van der Waals surface area contributed by atoms with Gasteiger partial charge >= 0.3 is 5.97 Å². The molecule has 1 saturated heterocycles. The van der Waals surface area contributed by atoms with Crippen LogP contribution in [0.15, 0.2) is 18.2 Å². The number of rotatable bonds is 4. The summed E-state index contributed by atoms with van der Waals surface area (Å²) in [6, 6.07) is 4.31. The number of nitro benzene ring substituents is 1. The van der Waals surface area contributed by atoms with Crippen LogP contribution in [0.2, 0.25) is 0 Å². The van der Waals surface area contributed by atoms with E-state index in [0.29, 0.717) is 25.2 Å². The fourth-order valence-electron chi connectivity index (χ4n) is 2.36. The molecular weight excluding hydrogens is 264 g/mol. The molecule has 0 aromatic heterocycles. The summed E-state index contributed by atoms with van der Waals surface area (Å²) in [4.78, 5) is 34.5. The van der Waals surface area contributed by atoms with E-state index in [0.717, 1.165) is 0 Å². The minimum Gasteiger partial charge on any atom is -0.481 e. The Bertz CT molecular complexity index is 584. The van der Waals surface area contributed by atoms with Crippen LogP contribution < -0.4 is 4.90 Å². The van der Waals surface area contributed by atoms with E-state index in [4.69, 9.17) is 5.11 Å². The van der Waals surface area contributed by atoms with Crippen LogP contribution in [-0.4, -0.2) is 34.9 Å². The lowest BCUT2D eigenvalue weighted by Crippen LogP contribution is -2.22. The molecule has 7 heteroatoms. The van der Waals surface area contributed by atoms with Crippen LogP contribution in [0.1, 0.15) is 23.7 Å². The molecule has 0 bridgehead atoms. The molecule has 106 valence electrons. The van der Waals surface area contributed by atoms with E-state index in [-0.39, 0.29) is 17.0 Å². The molecule has 2 rings (SSSR count). The zero-order valence-electron chi connectivity index (χ0n) is 10.9. The van der Waals surface area contributed by atoms with Crippen molar-refractivity contribution in [3.8, 4) is 0 Å². The van der Waals surface area contributed by atoms with E-state index in [9.17, 15) is 19.7 Å². The Labute approximate surface area is 115 Å². The molecule has 1 atom stereocenters. The highest BCUT2D eigenvalue weighted by atomic mass is 16.6. The van der Waals surface area contributed by atoms with Gasteiger partial charge in [0.05, 0.1) is 16.4 Å². The lowest BCUT2D eigenvalue weighted by atomic mass is 10.1. The molecule has 1 N–H and O–H groups in total. The Morgan fingerprint density at radius 1 is 1.45 bits per heavy atom. The number of nitro groups is 1. The van der Waals surface area contributed by atoms with Crippen molar-refractivity contribution >= 4 is 23.1 Å². The second-order valence-corrected chi connectivity index (χ2v) is 4.78. The number of benzene rings is 1. The van der Waals surface area contributed by atoms with Gasteiger partial charge in [-0.25, -0.2) is 0 Å². The summed E-state index contributed by atoms with van der Waals surface area (Å²) in [5, 5.41) is 19.8. The minimum atomic E-state index is -0.846. The van der Waals surface area contributed by atoms with Crippen LogP contribution >= 0.6 is 0 Å². The Kier molecular flexibility index (Phi) is 3.69. The van der Waals surface area contributed by atoms with Gasteiger partial charge in [0.1, 0.15) is 0 Å². The number of nitrogens with zero attached hydrogens (tertiary/aromatic N) is 2. The quantitative estimate of drug-likeness (QED) is 0.511. The normalized spacial score (nSPS) is 18.1. The van der Waals surface area contributed by atoms with Crippen molar-refractivity contribution in [2.45, 2.75) is 13.3 Å². The number of Topliss-reactive ketones (excluding diaryl/α,β-unsaturated/α-hetero) is 1. The molecule has 20 heavy (non-hydrogen) atoms. The lowest BCUT2D eigenvalue weighted by molar-refractivity contribution is -0.385. The molecule has 1 aliphatic heterocycles. The third-order valence-electron chi connectivity index (χ3n) is 3.46. The number of aliphatic carboxylic acids is 1. The predicted molar refractivity (Wildman–Crippen MR) is 71.1 cm³/mol. The van der Waals surface area contributed by atoms with Gasteiger partial charge in [0.25, 0.3) is 5.69 Å². The zero-order valence-corrected chi connectivity index (χ0v) is 10.9. The average molecular weight is 278 g/mol. The van der Waals surface area contributed by atoms with Crippen molar-refractivity contribution in [3.63, 3.8) is 0 Å². The zero-order chi connectivity index (χ0) is 14.9. The van der Waals surface area contributed by atoms with Gasteiger partial charge in [0, 0.05) is 24.8 Å². The fraction of sp³-hybridized carbons (Fsp3) is 0.385. The number of carboxylic acids is 1. The van der Waals surface area contributed by atoms with Crippen molar-refractivity contribution in [2.24, 2.45) is 5.92 Å². The average Bonchev–Trinajstić information content (AvgIpc) is 2.87. The Balaban J connectivity index is 2.31. The molecule has 1 aromatic rings. The number of ketones is 1. The van der Waals surface area contributed by atoms with Gasteiger partial charge < -0.3 is 10.0 Å². The Morgan fingerprint density at radius 3 is 2.65 bits per heavy atom. The Morgan fingerprint density at radius 2 is 2.15 bits per heavy atom. The number of anilines is 1. The van der Waals surface area contributed by atoms with Crippen LogP contribution in [0.3, 0.4) is 0 Å². The molecule has 1 aliphatic rings. The summed E-state index contributed by atoms with van der Waals surface area (Å²) in [5.74, 6) is -1.67. The van der Waals surface area contributed by atoms with Crippen LogP contribution in [0.25, 0.3) is 0 Å². The molecule has 0 aliphatic carbocycles. The summed E-state index contributed by atoms with van der Waals surface area (Å²) in [7, 11) is 0. The maximum atomic E-state index is 11.5. The van der Waals surface area contributed by atoms with Crippen LogP contribution in [-0.2, 0) is 4.79 Å². The monoisotopic (exact) mass is 278 g/mol. The molecule has 0 radical (unpaired) electrons. The summed E-state index contributed by atoms with van der Waals surface area (Å²) in [6.07, 6.45) is 0.529. The Hall–Kier alpha value is -2.44. The van der Waals surface area contributed by atoms with Gasteiger partial charge in [-0.15, -0.1) is 0 Å². The number of carbonyl (C=O) groups is 2. The van der Waals surface area contributed by atoms with Crippen molar-refractivity contribution in [3.05, 3.63) is 33.9 Å². The SMILES string of the molecule is CC(=O)c1cc(N2CCC(C(=O)O)C2)ccc1[N+](=O)[O-]. The van der Waals surface area contributed by atoms with Gasteiger partial charge in [-0.3, -0.25) is 19.7 Å². The van der Waals surface area contributed by atoms with E-state index < -0.39 is 16.8 Å². The largest absolute Gasteiger partial charge is 0.481 e. The highest BCUT2D eigenvalue weighted by molar-refractivity contribution is 5.99. The van der Waals surface area contributed by atoms with Crippen molar-refractivity contribution in [1.29, 1.82) is 0 Å². The number of carbonyl (C=O) groups excluding carboxylic acids is 1. The molecule has 0 saturated carbocycles. The molecule has 1 heterocycles. The molecule has 1 unspecified atom stereocenters. The molecule has 1 fully saturated rings. The van der Waals surface area contributed by atoms with E-state index in [1.807, 2.05) is 4.90 Å². The van der Waals surface area contributed by atoms with Crippen molar-refractivity contribution in [1.82, 2.24) is 0 Å². The second kappa shape index (κ2) is 5.28. The topological polar surface area (TPSA) is 101 Å². The van der Waals surface area contributed by atoms with E-state index >= 15 is 0 Å². The minimum absolute atomic E-state index is 0.0475. The molecular formula is C13H14N2O5. The first kappa shape index (κ1) is 14.0. The van der Waals surface area contributed by atoms with Crippen molar-refractivity contribution < 1.29 is 19.6 Å². The fourth-order valence-corrected chi connectivity index (χ4v) is 2.36. The molecule has 0 amide bonds. The highest BCUT2D eigenvalue weighted by Crippen LogP contribution is 2.29. The van der Waals surface area contributed by atoms with Gasteiger partial charge in [0.2, 0.25) is 0 Å². The first-order chi connectivity index (χ1) is 9.40. The molecule has 7 nitrogen and oxygen atoms in total. The third-order valence-corrected chi connectivity index (χ3v) is 3.46. The number of hydrogen-bond donors (Lipinski definition) is 1. The smallest absolute Gasteiger partial charge is 0.308 e. The lowest BCUT2D eigenvalue weighted by Gasteiger charge is -2.18. The van der Waals surface area contributed by atoms with Crippen molar-refractivity contribution in [2.75, 3.05) is 18.0 Å². The third kappa shape index (κ3) is 2.61. The van der Waals surface area contributed by atoms with E-state index in [2.05, 4.69) is 0 Å².